The van der Waals surface area contributed by atoms with E-state index in [1.807, 2.05) is 6.07 Å². The van der Waals surface area contributed by atoms with Gasteiger partial charge in [0.1, 0.15) is 6.10 Å². The third kappa shape index (κ3) is 2.52. The molecule has 1 atom stereocenters. The number of ether oxygens (including phenoxy) is 2. The first-order valence-corrected chi connectivity index (χ1v) is 7.25. The molecule has 0 radical (unpaired) electrons. The highest BCUT2D eigenvalue weighted by atomic mass is 16.5. The van der Waals surface area contributed by atoms with Crippen LogP contribution in [0, 0.1) is 5.92 Å². The van der Waals surface area contributed by atoms with Gasteiger partial charge in [0.05, 0.1) is 7.11 Å². The summed E-state index contributed by atoms with van der Waals surface area (Å²) in [5.41, 5.74) is 0.669. The number of hydrogen-bond acceptors (Lipinski definition) is 4. The minimum atomic E-state index is 0.0476. The number of carbonyl (C=O) groups excluding carboxylic acids is 1. The summed E-state index contributed by atoms with van der Waals surface area (Å²) in [5, 5.41) is 0. The molecule has 0 aliphatic carbocycles. The Balaban J connectivity index is 1.82. The first-order chi connectivity index (χ1) is 9.67. The van der Waals surface area contributed by atoms with Crippen molar-refractivity contribution in [2.24, 2.45) is 5.92 Å². The van der Waals surface area contributed by atoms with E-state index in [4.69, 9.17) is 9.47 Å². The van der Waals surface area contributed by atoms with Gasteiger partial charge in [-0.25, -0.2) is 0 Å². The lowest BCUT2D eigenvalue weighted by Gasteiger charge is -2.44. The van der Waals surface area contributed by atoms with Crippen LogP contribution >= 0.6 is 0 Å². The van der Waals surface area contributed by atoms with Gasteiger partial charge in [0.15, 0.2) is 17.3 Å². The van der Waals surface area contributed by atoms with E-state index in [9.17, 15) is 4.79 Å². The number of rotatable bonds is 4. The topological polar surface area (TPSA) is 38.8 Å². The third-order valence-electron chi connectivity index (χ3n) is 4.44. The maximum Gasteiger partial charge on any atom is 0.162 e. The Morgan fingerprint density at radius 1 is 1.25 bits per heavy atom. The molecule has 3 aliphatic heterocycles. The zero-order chi connectivity index (χ0) is 14.1. The van der Waals surface area contributed by atoms with Crippen LogP contribution in [0.15, 0.2) is 18.2 Å². The molecule has 4 heteroatoms. The molecule has 1 aromatic rings. The fourth-order valence-electron chi connectivity index (χ4n) is 3.20. The summed E-state index contributed by atoms with van der Waals surface area (Å²) in [5.74, 6) is 2.07. The molecule has 3 fully saturated rings. The lowest BCUT2D eigenvalue weighted by Crippen LogP contribution is -2.52. The van der Waals surface area contributed by atoms with Crippen LogP contribution in [-0.2, 0) is 0 Å². The molecule has 108 valence electrons. The molecule has 0 amide bonds. The molecule has 1 unspecified atom stereocenters. The van der Waals surface area contributed by atoms with Crippen molar-refractivity contribution in [1.29, 1.82) is 0 Å². The van der Waals surface area contributed by atoms with Crippen LogP contribution in [0.4, 0.5) is 0 Å². The van der Waals surface area contributed by atoms with Crippen molar-refractivity contribution < 1.29 is 14.3 Å². The lowest BCUT2D eigenvalue weighted by molar-refractivity contribution is -0.00886. The van der Waals surface area contributed by atoms with Crippen LogP contribution in [-0.4, -0.2) is 43.5 Å². The molecule has 1 aromatic carbocycles. The molecule has 0 spiro atoms. The Kier molecular flexibility index (Phi) is 3.66. The van der Waals surface area contributed by atoms with E-state index < -0.39 is 0 Å². The van der Waals surface area contributed by atoms with E-state index in [1.165, 1.54) is 25.9 Å². The van der Waals surface area contributed by atoms with Gasteiger partial charge in [0.2, 0.25) is 0 Å². The van der Waals surface area contributed by atoms with Crippen molar-refractivity contribution in [2.75, 3.05) is 26.7 Å². The summed E-state index contributed by atoms with van der Waals surface area (Å²) < 4.78 is 11.5. The zero-order valence-corrected chi connectivity index (χ0v) is 12.1. The highest BCUT2D eigenvalue weighted by Gasteiger charge is 2.35. The van der Waals surface area contributed by atoms with Crippen molar-refractivity contribution in [2.45, 2.75) is 25.9 Å². The number of ketones is 1. The maximum absolute atomic E-state index is 11.5. The molecular formula is C16H21NO3. The van der Waals surface area contributed by atoms with Gasteiger partial charge in [-0.3, -0.25) is 9.69 Å². The molecule has 3 saturated heterocycles. The van der Waals surface area contributed by atoms with Crippen LogP contribution < -0.4 is 9.47 Å². The number of nitrogens with zero attached hydrogens (tertiary/aromatic N) is 1. The van der Waals surface area contributed by atoms with E-state index in [-0.39, 0.29) is 11.9 Å². The monoisotopic (exact) mass is 275 g/mol. The minimum absolute atomic E-state index is 0.0476. The normalized spacial score (nSPS) is 28.2. The van der Waals surface area contributed by atoms with Gasteiger partial charge < -0.3 is 9.47 Å². The third-order valence-corrected chi connectivity index (χ3v) is 4.44. The summed E-state index contributed by atoms with van der Waals surface area (Å²) in [6.45, 7) is 4.93. The molecule has 4 rings (SSSR count). The first-order valence-electron chi connectivity index (χ1n) is 7.25. The van der Waals surface area contributed by atoms with Crippen LogP contribution in [0.1, 0.15) is 30.1 Å². The predicted octanol–water partition coefficient (Wildman–Crippen LogP) is 2.37. The van der Waals surface area contributed by atoms with Gasteiger partial charge in [-0.15, -0.1) is 0 Å². The van der Waals surface area contributed by atoms with Crippen molar-refractivity contribution in [3.05, 3.63) is 23.8 Å². The maximum atomic E-state index is 11.5. The standard InChI is InChI=1S/C16H21NO3/c1-11(18)13-3-4-14(19-2)15(9-13)20-16-10-17-7-5-12(16)6-8-17/h3-4,9,12,16H,5-8,10H2,1-2H3. The molecule has 3 aliphatic rings. The summed E-state index contributed by atoms with van der Waals surface area (Å²) in [7, 11) is 1.63. The molecular weight excluding hydrogens is 254 g/mol. The summed E-state index contributed by atoms with van der Waals surface area (Å²) in [6, 6.07) is 5.40. The van der Waals surface area contributed by atoms with Crippen LogP contribution in [0.5, 0.6) is 11.5 Å². The van der Waals surface area contributed by atoms with Crippen LogP contribution in [0.25, 0.3) is 0 Å². The van der Waals surface area contributed by atoms with Crippen LogP contribution in [0.2, 0.25) is 0 Å². The Bertz CT molecular complexity index is 506. The van der Waals surface area contributed by atoms with Gasteiger partial charge in [-0.05, 0) is 57.0 Å². The van der Waals surface area contributed by atoms with E-state index in [1.54, 1.807) is 26.2 Å². The number of hydrogen-bond donors (Lipinski definition) is 0. The highest BCUT2D eigenvalue weighted by molar-refractivity contribution is 5.94. The zero-order valence-electron chi connectivity index (χ0n) is 12.1. The Labute approximate surface area is 119 Å². The van der Waals surface area contributed by atoms with E-state index in [2.05, 4.69) is 4.90 Å². The van der Waals surface area contributed by atoms with Gasteiger partial charge in [-0.1, -0.05) is 0 Å². The number of carbonyl (C=O) groups is 1. The van der Waals surface area contributed by atoms with Gasteiger partial charge in [-0.2, -0.15) is 0 Å². The second-order valence-electron chi connectivity index (χ2n) is 5.72. The van der Waals surface area contributed by atoms with Gasteiger partial charge >= 0.3 is 0 Å². The van der Waals surface area contributed by atoms with E-state index in [0.717, 1.165) is 6.54 Å². The molecule has 4 nitrogen and oxygen atoms in total. The quantitative estimate of drug-likeness (QED) is 0.791. The first kappa shape index (κ1) is 13.4. The van der Waals surface area contributed by atoms with Crippen molar-refractivity contribution in [3.63, 3.8) is 0 Å². The largest absolute Gasteiger partial charge is 0.493 e. The fraction of sp³-hybridized carbons (Fsp3) is 0.562. The van der Waals surface area contributed by atoms with Crippen molar-refractivity contribution in [1.82, 2.24) is 4.90 Å². The molecule has 0 N–H and O–H groups in total. The number of fused-ring (bicyclic) bond motifs is 3. The van der Waals surface area contributed by atoms with E-state index >= 15 is 0 Å². The molecule has 0 saturated carbocycles. The lowest BCUT2D eigenvalue weighted by atomic mass is 9.86. The number of benzene rings is 1. The average molecular weight is 275 g/mol. The van der Waals surface area contributed by atoms with Crippen molar-refractivity contribution in [3.8, 4) is 11.5 Å². The summed E-state index contributed by atoms with van der Waals surface area (Å²) in [6.07, 6.45) is 2.63. The summed E-state index contributed by atoms with van der Waals surface area (Å²) >= 11 is 0. The molecule has 0 aromatic heterocycles. The highest BCUT2D eigenvalue weighted by Crippen LogP contribution is 2.35. The summed E-state index contributed by atoms with van der Waals surface area (Å²) in [4.78, 5) is 14.0. The molecule has 3 heterocycles. The Morgan fingerprint density at radius 3 is 2.55 bits per heavy atom. The smallest absolute Gasteiger partial charge is 0.162 e. The second kappa shape index (κ2) is 5.44. The Hall–Kier alpha value is -1.55. The van der Waals surface area contributed by atoms with Gasteiger partial charge in [0.25, 0.3) is 0 Å². The number of piperidine rings is 3. The number of methoxy groups -OCH3 is 1. The Morgan fingerprint density at radius 2 is 2.00 bits per heavy atom. The van der Waals surface area contributed by atoms with E-state index in [0.29, 0.717) is 23.0 Å². The number of Topliss-reactive ketones (excluding diaryl/α,β-unsaturated/α-hetero) is 1. The second-order valence-corrected chi connectivity index (χ2v) is 5.72. The van der Waals surface area contributed by atoms with Crippen LogP contribution in [0.3, 0.4) is 0 Å². The fourth-order valence-corrected chi connectivity index (χ4v) is 3.20. The van der Waals surface area contributed by atoms with Gasteiger partial charge in [0, 0.05) is 12.1 Å². The SMILES string of the molecule is COc1ccc(C(C)=O)cc1OC1CN2CCC1CC2. The predicted molar refractivity (Wildman–Crippen MR) is 76.6 cm³/mol. The van der Waals surface area contributed by atoms with Crippen molar-refractivity contribution >= 4 is 5.78 Å². The minimum Gasteiger partial charge on any atom is -0.493 e. The molecule has 2 bridgehead atoms. The average Bonchev–Trinajstić information content (AvgIpc) is 2.48. The molecule has 20 heavy (non-hydrogen) atoms.